The van der Waals surface area contributed by atoms with Gasteiger partial charge in [0.2, 0.25) is 0 Å². The minimum Gasteiger partial charge on any atom is -0.396 e. The number of aliphatic hydroxyl groups is 2. The molecule has 2 atom stereocenters. The predicted octanol–water partition coefficient (Wildman–Crippen LogP) is -0.0432. The van der Waals surface area contributed by atoms with E-state index in [1.807, 2.05) is 0 Å². The third-order valence-electron chi connectivity index (χ3n) is 3.34. The van der Waals surface area contributed by atoms with Crippen molar-refractivity contribution in [3.05, 3.63) is 46.1 Å². The van der Waals surface area contributed by atoms with Crippen LogP contribution in [-0.4, -0.2) is 39.1 Å². The zero-order valence-corrected chi connectivity index (χ0v) is 11.4. The zero-order chi connectivity index (χ0) is 16.3. The Morgan fingerprint density at radius 3 is 2.59 bits per heavy atom. The number of nitrogens with two attached hydrogens (primary N) is 1. The Hall–Kier alpha value is -2.10. The number of aliphatic hydroxyl groups excluding tert-OH is 2. The number of nitrogen functional groups attached to an aromatic ring is 1. The van der Waals surface area contributed by atoms with Crippen molar-refractivity contribution in [2.75, 3.05) is 18.9 Å². The summed E-state index contributed by atoms with van der Waals surface area (Å²) < 4.78 is 32.3. The van der Waals surface area contributed by atoms with E-state index >= 15 is 0 Å². The number of halogens is 2. The standard InChI is InChI=1S/C13H15F2N3O4/c14-3-8-9(4-15)12(22-10(8)6-20)18-5-7(1-2-19)11(16)17-13(18)21/h3-5,10,12,19-20H,1-2,6H2,(H2,16,17,21)/b8-3+,9-4+. The van der Waals surface area contributed by atoms with Crippen LogP contribution in [-0.2, 0) is 11.2 Å². The average molecular weight is 315 g/mol. The molecule has 0 aliphatic carbocycles. The molecule has 2 unspecified atom stereocenters. The van der Waals surface area contributed by atoms with E-state index in [0.29, 0.717) is 5.56 Å². The quantitative estimate of drug-likeness (QED) is 0.719. The zero-order valence-electron chi connectivity index (χ0n) is 11.4. The lowest BCUT2D eigenvalue weighted by Crippen LogP contribution is -2.29. The number of rotatable bonds is 4. The first kappa shape index (κ1) is 16.3. The highest BCUT2D eigenvalue weighted by atomic mass is 19.1. The van der Waals surface area contributed by atoms with Gasteiger partial charge in [-0.25, -0.2) is 13.6 Å². The molecule has 1 aromatic heterocycles. The third-order valence-corrected chi connectivity index (χ3v) is 3.34. The first-order valence-electron chi connectivity index (χ1n) is 6.43. The van der Waals surface area contributed by atoms with E-state index in [1.54, 1.807) is 0 Å². The number of hydrogen-bond acceptors (Lipinski definition) is 6. The summed E-state index contributed by atoms with van der Waals surface area (Å²) in [4.78, 5) is 15.5. The van der Waals surface area contributed by atoms with Crippen LogP contribution >= 0.6 is 0 Å². The average Bonchev–Trinajstić information content (AvgIpc) is 2.87. The first-order valence-corrected chi connectivity index (χ1v) is 6.43. The van der Waals surface area contributed by atoms with E-state index in [2.05, 4.69) is 4.98 Å². The van der Waals surface area contributed by atoms with Crippen LogP contribution in [0.15, 0.2) is 34.8 Å². The van der Waals surface area contributed by atoms with Gasteiger partial charge in [-0.05, 0) is 0 Å². The molecule has 1 fully saturated rings. The minimum absolute atomic E-state index is 0.0564. The monoisotopic (exact) mass is 315 g/mol. The molecule has 0 radical (unpaired) electrons. The van der Waals surface area contributed by atoms with Crippen LogP contribution in [0, 0.1) is 0 Å². The van der Waals surface area contributed by atoms with Crippen LogP contribution in [0.2, 0.25) is 0 Å². The van der Waals surface area contributed by atoms with Crippen molar-refractivity contribution in [2.24, 2.45) is 0 Å². The van der Waals surface area contributed by atoms with Gasteiger partial charge in [-0.1, -0.05) is 0 Å². The fourth-order valence-electron chi connectivity index (χ4n) is 2.24. The third kappa shape index (κ3) is 2.78. The van der Waals surface area contributed by atoms with E-state index in [1.165, 1.54) is 6.20 Å². The summed E-state index contributed by atoms with van der Waals surface area (Å²) in [5, 5.41) is 18.1. The van der Waals surface area contributed by atoms with E-state index < -0.39 is 24.6 Å². The SMILES string of the molecule is Nc1nc(=O)n(C2OC(CO)C(=C/F)/C2=C\F)cc1CCO. The summed E-state index contributed by atoms with van der Waals surface area (Å²) in [6.45, 7) is -0.805. The highest BCUT2D eigenvalue weighted by Gasteiger charge is 2.37. The molecule has 2 rings (SSSR count). The van der Waals surface area contributed by atoms with Crippen LogP contribution in [0.1, 0.15) is 11.8 Å². The molecule has 2 heterocycles. The fourth-order valence-corrected chi connectivity index (χ4v) is 2.24. The lowest BCUT2D eigenvalue weighted by molar-refractivity contribution is -0.00870. The van der Waals surface area contributed by atoms with Gasteiger partial charge in [0.25, 0.3) is 0 Å². The van der Waals surface area contributed by atoms with Crippen molar-refractivity contribution in [1.29, 1.82) is 0 Å². The largest absolute Gasteiger partial charge is 0.396 e. The number of nitrogens with zero attached hydrogens (tertiary/aromatic N) is 2. The number of hydrogen-bond donors (Lipinski definition) is 3. The molecule has 1 aliphatic heterocycles. The maximum atomic E-state index is 13.1. The molecule has 9 heteroatoms. The van der Waals surface area contributed by atoms with Gasteiger partial charge >= 0.3 is 5.69 Å². The Kier molecular flexibility index (Phi) is 5.01. The lowest BCUT2D eigenvalue weighted by atomic mass is 10.1. The normalized spacial score (nSPS) is 25.3. The summed E-state index contributed by atoms with van der Waals surface area (Å²) >= 11 is 0. The summed E-state index contributed by atoms with van der Waals surface area (Å²) in [5.74, 6) is -0.0564. The molecule has 0 spiro atoms. The van der Waals surface area contributed by atoms with E-state index in [0.717, 1.165) is 4.57 Å². The summed E-state index contributed by atoms with van der Waals surface area (Å²) in [5.41, 5.74) is 4.69. The molecule has 0 saturated carbocycles. The maximum absolute atomic E-state index is 13.1. The van der Waals surface area contributed by atoms with Crippen LogP contribution in [0.5, 0.6) is 0 Å². The summed E-state index contributed by atoms with van der Waals surface area (Å²) in [6, 6.07) is 0. The van der Waals surface area contributed by atoms with Crippen molar-refractivity contribution in [1.82, 2.24) is 9.55 Å². The number of aromatic nitrogens is 2. The lowest BCUT2D eigenvalue weighted by Gasteiger charge is -2.16. The van der Waals surface area contributed by atoms with E-state index in [-0.39, 0.29) is 42.7 Å². The highest BCUT2D eigenvalue weighted by Crippen LogP contribution is 2.38. The number of ether oxygens (including phenoxy) is 1. The molecular weight excluding hydrogens is 300 g/mol. The summed E-state index contributed by atoms with van der Waals surface area (Å²) in [6.07, 6.45) is -0.734. The Labute approximate surface area is 124 Å². The van der Waals surface area contributed by atoms with Crippen LogP contribution in [0.25, 0.3) is 0 Å². The van der Waals surface area contributed by atoms with Crippen LogP contribution < -0.4 is 11.4 Å². The second-order valence-electron chi connectivity index (χ2n) is 4.60. The Bertz CT molecular complexity index is 672. The van der Waals surface area contributed by atoms with Crippen molar-refractivity contribution in [2.45, 2.75) is 18.8 Å². The van der Waals surface area contributed by atoms with Gasteiger partial charge in [0.1, 0.15) is 11.9 Å². The van der Waals surface area contributed by atoms with Crippen molar-refractivity contribution in [3.8, 4) is 0 Å². The minimum atomic E-state index is -1.28. The first-order chi connectivity index (χ1) is 10.6. The van der Waals surface area contributed by atoms with Gasteiger partial charge < -0.3 is 20.7 Å². The smallest absolute Gasteiger partial charge is 0.351 e. The predicted molar refractivity (Wildman–Crippen MR) is 73.1 cm³/mol. The van der Waals surface area contributed by atoms with Crippen molar-refractivity contribution in [3.63, 3.8) is 0 Å². The number of anilines is 1. The molecule has 1 aromatic rings. The summed E-state index contributed by atoms with van der Waals surface area (Å²) in [7, 11) is 0. The van der Waals surface area contributed by atoms with Gasteiger partial charge in [0.05, 0.1) is 19.3 Å². The molecule has 7 nitrogen and oxygen atoms in total. The van der Waals surface area contributed by atoms with Crippen LogP contribution in [0.4, 0.5) is 14.6 Å². The molecule has 0 aromatic carbocycles. The van der Waals surface area contributed by atoms with E-state index in [9.17, 15) is 13.6 Å². The van der Waals surface area contributed by atoms with Gasteiger partial charge in [0.15, 0.2) is 6.23 Å². The van der Waals surface area contributed by atoms with Crippen LogP contribution in [0.3, 0.4) is 0 Å². The second kappa shape index (κ2) is 6.77. The van der Waals surface area contributed by atoms with Crippen molar-refractivity contribution < 1.29 is 23.7 Å². The molecule has 4 N–H and O–H groups in total. The Balaban J connectivity index is 2.52. The van der Waals surface area contributed by atoms with Gasteiger partial charge in [0, 0.05) is 35.9 Å². The second-order valence-corrected chi connectivity index (χ2v) is 4.60. The molecular formula is C13H15F2N3O4. The van der Waals surface area contributed by atoms with Gasteiger partial charge in [-0.3, -0.25) is 4.57 Å². The fraction of sp³-hybridized carbons (Fsp3) is 0.385. The van der Waals surface area contributed by atoms with Crippen molar-refractivity contribution >= 4 is 5.82 Å². The maximum Gasteiger partial charge on any atom is 0.351 e. The molecule has 1 aliphatic rings. The molecule has 0 amide bonds. The molecule has 22 heavy (non-hydrogen) atoms. The Morgan fingerprint density at radius 1 is 1.36 bits per heavy atom. The molecule has 1 saturated heterocycles. The topological polar surface area (TPSA) is 111 Å². The highest BCUT2D eigenvalue weighted by molar-refractivity contribution is 5.40. The Morgan fingerprint density at radius 2 is 2.05 bits per heavy atom. The molecule has 0 bridgehead atoms. The van der Waals surface area contributed by atoms with E-state index in [4.69, 9.17) is 20.7 Å². The van der Waals surface area contributed by atoms with Gasteiger partial charge in [-0.2, -0.15) is 4.98 Å². The molecule has 120 valence electrons. The van der Waals surface area contributed by atoms with Gasteiger partial charge in [-0.15, -0.1) is 0 Å².